The number of thiophene rings is 1. The van der Waals surface area contributed by atoms with E-state index in [0.717, 1.165) is 44.9 Å². The minimum atomic E-state index is 0.603. The molecule has 0 saturated carbocycles. The van der Waals surface area contributed by atoms with E-state index in [2.05, 4.69) is 26.9 Å². The lowest BCUT2D eigenvalue weighted by atomic mass is 10.00. The summed E-state index contributed by atoms with van der Waals surface area (Å²) in [5.74, 6) is 1.47. The summed E-state index contributed by atoms with van der Waals surface area (Å²) in [6.45, 7) is 4.51. The van der Waals surface area contributed by atoms with Crippen molar-refractivity contribution in [1.82, 2.24) is 10.1 Å². The number of ether oxygens (including phenoxy) is 1. The molecule has 138 valence electrons. The Kier molecular flexibility index (Phi) is 4.45. The van der Waals surface area contributed by atoms with E-state index in [-0.39, 0.29) is 0 Å². The fourth-order valence-electron chi connectivity index (χ4n) is 3.25. The average Bonchev–Trinajstić information content (AvgIpc) is 3.30. The number of nitrogens with one attached hydrogen (secondary N) is 1. The number of anilines is 2. The van der Waals surface area contributed by atoms with Crippen molar-refractivity contribution >= 4 is 33.6 Å². The van der Waals surface area contributed by atoms with Crippen LogP contribution in [-0.4, -0.2) is 17.3 Å². The van der Waals surface area contributed by atoms with E-state index in [9.17, 15) is 0 Å². The summed E-state index contributed by atoms with van der Waals surface area (Å²) in [5.41, 5.74) is 11.2. The van der Waals surface area contributed by atoms with E-state index in [4.69, 9.17) is 15.0 Å². The Morgan fingerprint density at radius 3 is 2.81 bits per heavy atom. The predicted molar refractivity (Wildman–Crippen MR) is 109 cm³/mol. The van der Waals surface area contributed by atoms with Crippen LogP contribution in [0, 0.1) is 13.8 Å². The summed E-state index contributed by atoms with van der Waals surface area (Å²) in [6.07, 6.45) is 1.68. The molecule has 0 spiro atoms. The monoisotopic (exact) mass is 380 g/mol. The number of nitrogens with zero attached hydrogens (tertiary/aromatic N) is 2. The molecule has 0 unspecified atom stereocenters. The lowest BCUT2D eigenvalue weighted by molar-refractivity contribution is 0.393. The number of benzene rings is 1. The smallest absolute Gasteiger partial charge is 0.141 e. The zero-order valence-corrected chi connectivity index (χ0v) is 16.2. The van der Waals surface area contributed by atoms with Gasteiger partial charge >= 0.3 is 0 Å². The molecular formula is C20H20N4O2S. The molecule has 0 aliphatic rings. The Morgan fingerprint density at radius 2 is 2.15 bits per heavy atom. The van der Waals surface area contributed by atoms with Crippen LogP contribution in [0.1, 0.15) is 16.3 Å². The number of hydrogen-bond acceptors (Lipinski definition) is 7. The van der Waals surface area contributed by atoms with Gasteiger partial charge in [-0.25, -0.2) is 0 Å². The molecule has 0 radical (unpaired) electrons. The van der Waals surface area contributed by atoms with E-state index in [1.54, 1.807) is 24.6 Å². The fourth-order valence-corrected chi connectivity index (χ4v) is 3.90. The number of hydrogen-bond donors (Lipinski definition) is 2. The van der Waals surface area contributed by atoms with Gasteiger partial charge in [-0.2, -0.15) is 0 Å². The molecule has 0 aliphatic heterocycles. The summed E-state index contributed by atoms with van der Waals surface area (Å²) in [7, 11) is 1.65. The molecule has 0 fully saturated rings. The van der Waals surface area contributed by atoms with Crippen LogP contribution in [0.25, 0.3) is 22.0 Å². The summed E-state index contributed by atoms with van der Waals surface area (Å²) < 4.78 is 11.0. The number of pyridine rings is 1. The van der Waals surface area contributed by atoms with Gasteiger partial charge in [0.2, 0.25) is 0 Å². The van der Waals surface area contributed by atoms with Crippen molar-refractivity contribution in [3.8, 4) is 16.9 Å². The van der Waals surface area contributed by atoms with Gasteiger partial charge in [-0.05, 0) is 37.4 Å². The van der Waals surface area contributed by atoms with Gasteiger partial charge in [-0.1, -0.05) is 11.2 Å². The molecule has 7 heteroatoms. The van der Waals surface area contributed by atoms with Crippen LogP contribution in [-0.2, 0) is 6.54 Å². The van der Waals surface area contributed by atoms with Gasteiger partial charge in [-0.3, -0.25) is 4.98 Å². The van der Waals surface area contributed by atoms with Crippen molar-refractivity contribution in [3.05, 3.63) is 52.2 Å². The molecule has 3 aromatic heterocycles. The van der Waals surface area contributed by atoms with Gasteiger partial charge < -0.3 is 20.3 Å². The molecule has 4 rings (SSSR count). The highest BCUT2D eigenvalue weighted by Gasteiger charge is 2.19. The molecule has 0 saturated heterocycles. The molecule has 0 amide bonds. The molecular weight excluding hydrogens is 360 g/mol. The highest BCUT2D eigenvalue weighted by atomic mass is 32.1. The van der Waals surface area contributed by atoms with E-state index in [1.165, 1.54) is 4.88 Å². The van der Waals surface area contributed by atoms with Gasteiger partial charge in [0.1, 0.15) is 11.5 Å². The molecule has 0 atom stereocenters. The molecule has 1 aromatic carbocycles. The highest BCUT2D eigenvalue weighted by molar-refractivity contribution is 7.09. The van der Waals surface area contributed by atoms with Crippen molar-refractivity contribution in [2.45, 2.75) is 20.4 Å². The van der Waals surface area contributed by atoms with E-state index < -0.39 is 0 Å². The first-order chi connectivity index (χ1) is 13.1. The van der Waals surface area contributed by atoms with E-state index in [1.807, 2.05) is 32.0 Å². The van der Waals surface area contributed by atoms with Crippen LogP contribution in [0.5, 0.6) is 5.75 Å². The quantitative estimate of drug-likeness (QED) is 0.519. The van der Waals surface area contributed by atoms with Gasteiger partial charge in [0.25, 0.3) is 0 Å². The zero-order chi connectivity index (χ0) is 19.0. The SMILES string of the molecule is COc1cc2c(NCc3cccs3)c(N)cnc2cc1-c1c(C)noc1C. The van der Waals surface area contributed by atoms with Crippen LogP contribution in [0.15, 0.2) is 40.4 Å². The molecule has 6 nitrogen and oxygen atoms in total. The maximum Gasteiger partial charge on any atom is 0.141 e. The van der Waals surface area contributed by atoms with Crippen molar-refractivity contribution in [2.75, 3.05) is 18.2 Å². The number of nitrogen functional groups attached to an aromatic ring is 1. The third kappa shape index (κ3) is 3.10. The lowest BCUT2D eigenvalue weighted by Gasteiger charge is -2.15. The largest absolute Gasteiger partial charge is 0.496 e. The van der Waals surface area contributed by atoms with Crippen LogP contribution < -0.4 is 15.8 Å². The van der Waals surface area contributed by atoms with Crippen LogP contribution in [0.3, 0.4) is 0 Å². The number of methoxy groups -OCH3 is 1. The van der Waals surface area contributed by atoms with Crippen LogP contribution in [0.2, 0.25) is 0 Å². The minimum absolute atomic E-state index is 0.603. The fraction of sp³-hybridized carbons (Fsp3) is 0.200. The number of fused-ring (bicyclic) bond motifs is 1. The zero-order valence-electron chi connectivity index (χ0n) is 15.4. The second-order valence-electron chi connectivity index (χ2n) is 6.29. The first-order valence-electron chi connectivity index (χ1n) is 8.54. The molecule has 3 heterocycles. The van der Waals surface area contributed by atoms with E-state index >= 15 is 0 Å². The first kappa shape index (κ1) is 17.4. The van der Waals surface area contributed by atoms with Gasteiger partial charge in [-0.15, -0.1) is 11.3 Å². The van der Waals surface area contributed by atoms with Crippen molar-refractivity contribution in [3.63, 3.8) is 0 Å². The normalized spacial score (nSPS) is 11.1. The third-order valence-corrected chi connectivity index (χ3v) is 5.42. The maximum absolute atomic E-state index is 6.21. The molecule has 4 aromatic rings. The van der Waals surface area contributed by atoms with Crippen molar-refractivity contribution in [2.24, 2.45) is 0 Å². The van der Waals surface area contributed by atoms with Gasteiger partial charge in [0.05, 0.1) is 41.5 Å². The summed E-state index contributed by atoms with van der Waals surface area (Å²) in [4.78, 5) is 5.76. The second-order valence-corrected chi connectivity index (χ2v) is 7.32. The standard InChI is InChI=1S/C20H20N4O2S/c1-11-19(12(2)26-24-11)15-7-17-14(8-18(15)25-3)20(16(21)10-22-17)23-9-13-5-4-6-27-13/h4-8,10H,9,21H2,1-3H3,(H,22,23). The summed E-state index contributed by atoms with van der Waals surface area (Å²) >= 11 is 1.70. The predicted octanol–water partition coefficient (Wildman–Crippen LogP) is 4.77. The van der Waals surface area contributed by atoms with Crippen molar-refractivity contribution in [1.29, 1.82) is 0 Å². The van der Waals surface area contributed by atoms with E-state index in [0.29, 0.717) is 12.2 Å². The number of aromatic nitrogens is 2. The Hall–Kier alpha value is -3.06. The minimum Gasteiger partial charge on any atom is -0.496 e. The van der Waals surface area contributed by atoms with Crippen LogP contribution >= 0.6 is 11.3 Å². The third-order valence-electron chi connectivity index (χ3n) is 4.54. The highest BCUT2D eigenvalue weighted by Crippen LogP contribution is 2.40. The number of aryl methyl sites for hydroxylation is 2. The average molecular weight is 380 g/mol. The Bertz CT molecular complexity index is 1080. The summed E-state index contributed by atoms with van der Waals surface area (Å²) in [6, 6.07) is 8.09. The molecule has 0 aliphatic carbocycles. The second kappa shape index (κ2) is 6.92. The van der Waals surface area contributed by atoms with Gasteiger partial charge in [0.15, 0.2) is 0 Å². The van der Waals surface area contributed by atoms with Gasteiger partial charge in [0, 0.05) is 22.4 Å². The number of nitrogens with two attached hydrogens (primary N) is 1. The number of rotatable bonds is 5. The lowest BCUT2D eigenvalue weighted by Crippen LogP contribution is -2.03. The molecule has 3 N–H and O–H groups in total. The first-order valence-corrected chi connectivity index (χ1v) is 9.42. The molecule has 0 bridgehead atoms. The topological polar surface area (TPSA) is 86.2 Å². The molecule has 27 heavy (non-hydrogen) atoms. The Labute approximate surface area is 161 Å². The van der Waals surface area contributed by atoms with Crippen LogP contribution in [0.4, 0.5) is 11.4 Å². The summed E-state index contributed by atoms with van der Waals surface area (Å²) in [5, 5.41) is 10.5. The Balaban J connectivity index is 1.85. The van der Waals surface area contributed by atoms with Crippen molar-refractivity contribution < 1.29 is 9.26 Å². The Morgan fingerprint density at radius 1 is 1.30 bits per heavy atom. The maximum atomic E-state index is 6.21.